The Balaban J connectivity index is 1.68. The fourth-order valence-electron chi connectivity index (χ4n) is 2.79. The van der Waals surface area contributed by atoms with Crippen molar-refractivity contribution in [2.24, 2.45) is 5.41 Å². The zero-order valence-electron chi connectivity index (χ0n) is 11.4. The van der Waals surface area contributed by atoms with Gasteiger partial charge in [-0.15, -0.1) is 11.3 Å². The second kappa shape index (κ2) is 5.21. The molecule has 1 amide bonds. The largest absolute Gasteiger partial charge is 0.317 e. The van der Waals surface area contributed by atoms with E-state index in [1.807, 2.05) is 0 Å². The van der Waals surface area contributed by atoms with Crippen molar-refractivity contribution in [2.45, 2.75) is 44.9 Å². The van der Waals surface area contributed by atoms with Crippen LogP contribution in [0.25, 0.3) is 0 Å². The molecule has 0 bridgehead atoms. The lowest BCUT2D eigenvalue weighted by atomic mass is 9.76. The van der Waals surface area contributed by atoms with Gasteiger partial charge in [0.05, 0.1) is 11.1 Å². The number of piperidine rings is 1. The number of carbonyl (C=O) groups excluding carboxylic acids is 1. The Labute approximate surface area is 118 Å². The van der Waals surface area contributed by atoms with Gasteiger partial charge in [0.2, 0.25) is 5.91 Å². The summed E-state index contributed by atoms with van der Waals surface area (Å²) in [6.07, 6.45) is 5.26. The molecule has 0 spiro atoms. The molecule has 0 unspecified atom stereocenters. The molecule has 2 heterocycles. The maximum Gasteiger partial charge on any atom is 0.232 e. The van der Waals surface area contributed by atoms with Gasteiger partial charge in [-0.1, -0.05) is 6.92 Å². The molecule has 0 atom stereocenters. The maximum atomic E-state index is 12.5. The zero-order valence-corrected chi connectivity index (χ0v) is 12.2. The van der Waals surface area contributed by atoms with Gasteiger partial charge in [0.25, 0.3) is 0 Å². The molecule has 1 aromatic rings. The second-order valence-electron chi connectivity index (χ2n) is 5.69. The van der Waals surface area contributed by atoms with Crippen molar-refractivity contribution in [3.63, 3.8) is 0 Å². The highest BCUT2D eigenvalue weighted by atomic mass is 32.1. The first-order valence-electron chi connectivity index (χ1n) is 7.21. The molecule has 1 aromatic heterocycles. The molecule has 1 saturated heterocycles. The molecule has 1 aliphatic heterocycles. The number of carbonyl (C=O) groups is 1. The van der Waals surface area contributed by atoms with Crippen LogP contribution >= 0.6 is 11.3 Å². The van der Waals surface area contributed by atoms with E-state index in [0.29, 0.717) is 5.92 Å². The Hall–Kier alpha value is -0.940. The average molecular weight is 279 g/mol. The van der Waals surface area contributed by atoms with Gasteiger partial charge in [-0.2, -0.15) is 0 Å². The Bertz CT molecular complexity index is 461. The molecular weight excluding hydrogens is 258 g/mol. The van der Waals surface area contributed by atoms with Crippen molar-refractivity contribution in [2.75, 3.05) is 18.4 Å². The van der Waals surface area contributed by atoms with Gasteiger partial charge in [-0.3, -0.25) is 4.79 Å². The summed E-state index contributed by atoms with van der Waals surface area (Å²) in [5.41, 5.74) is 0.965. The van der Waals surface area contributed by atoms with Gasteiger partial charge >= 0.3 is 0 Å². The predicted molar refractivity (Wildman–Crippen MR) is 77.5 cm³/mol. The van der Waals surface area contributed by atoms with E-state index in [0.717, 1.165) is 43.2 Å². The minimum atomic E-state index is -0.198. The Kier molecular flexibility index (Phi) is 3.58. The van der Waals surface area contributed by atoms with Crippen LogP contribution in [0.5, 0.6) is 0 Å². The molecule has 2 fully saturated rings. The van der Waals surface area contributed by atoms with Crippen molar-refractivity contribution in [3.8, 4) is 0 Å². The standard InChI is InChI=1S/C14H21N3OS/c1-2-14(5-7-15-8-6-14)12(18)17-13-16-11(9-19-13)10-3-4-10/h9-10,15H,2-8H2,1H3,(H,16,17,18). The van der Waals surface area contributed by atoms with Crippen LogP contribution < -0.4 is 10.6 Å². The van der Waals surface area contributed by atoms with Crippen molar-refractivity contribution in [3.05, 3.63) is 11.1 Å². The quantitative estimate of drug-likeness (QED) is 0.891. The Morgan fingerprint density at radius 2 is 2.26 bits per heavy atom. The number of hydrogen-bond acceptors (Lipinski definition) is 4. The number of thiazole rings is 1. The molecule has 3 rings (SSSR count). The van der Waals surface area contributed by atoms with Crippen LogP contribution in [-0.4, -0.2) is 24.0 Å². The number of anilines is 1. The van der Waals surface area contributed by atoms with Crippen molar-refractivity contribution in [1.29, 1.82) is 0 Å². The lowest BCUT2D eigenvalue weighted by Crippen LogP contribution is -2.44. The fourth-order valence-corrected chi connectivity index (χ4v) is 3.57. The number of rotatable bonds is 4. The van der Waals surface area contributed by atoms with Gasteiger partial charge in [-0.25, -0.2) is 4.98 Å². The van der Waals surface area contributed by atoms with Crippen molar-refractivity contribution < 1.29 is 4.79 Å². The molecule has 1 aliphatic carbocycles. The number of aromatic nitrogens is 1. The highest BCUT2D eigenvalue weighted by Crippen LogP contribution is 2.41. The van der Waals surface area contributed by atoms with Gasteiger partial charge < -0.3 is 10.6 Å². The number of nitrogens with zero attached hydrogens (tertiary/aromatic N) is 1. The third-order valence-corrected chi connectivity index (χ3v) is 5.23. The molecular formula is C14H21N3OS. The van der Waals surface area contributed by atoms with E-state index in [9.17, 15) is 4.79 Å². The number of amides is 1. The molecule has 1 saturated carbocycles. The van der Waals surface area contributed by atoms with Crippen LogP contribution in [0, 0.1) is 5.41 Å². The summed E-state index contributed by atoms with van der Waals surface area (Å²) in [5, 5.41) is 9.24. The van der Waals surface area contributed by atoms with Gasteiger partial charge in [0, 0.05) is 11.3 Å². The van der Waals surface area contributed by atoms with Crippen LogP contribution in [0.15, 0.2) is 5.38 Å². The SMILES string of the molecule is CCC1(C(=O)Nc2nc(C3CC3)cs2)CCNCC1. The zero-order chi connectivity index (χ0) is 13.3. The van der Waals surface area contributed by atoms with E-state index in [-0.39, 0.29) is 11.3 Å². The van der Waals surface area contributed by atoms with Crippen LogP contribution in [0.3, 0.4) is 0 Å². The molecule has 104 valence electrons. The van der Waals surface area contributed by atoms with E-state index >= 15 is 0 Å². The van der Waals surface area contributed by atoms with Crippen molar-refractivity contribution >= 4 is 22.4 Å². The van der Waals surface area contributed by atoms with Gasteiger partial charge in [0.15, 0.2) is 5.13 Å². The molecule has 0 radical (unpaired) electrons. The smallest absolute Gasteiger partial charge is 0.232 e. The summed E-state index contributed by atoms with van der Waals surface area (Å²) in [6.45, 7) is 3.99. The summed E-state index contributed by atoms with van der Waals surface area (Å²) < 4.78 is 0. The third-order valence-electron chi connectivity index (χ3n) is 4.46. The molecule has 0 aromatic carbocycles. The van der Waals surface area contributed by atoms with Crippen LogP contribution in [0.2, 0.25) is 0 Å². The maximum absolute atomic E-state index is 12.5. The summed E-state index contributed by atoms with van der Waals surface area (Å²) in [6, 6.07) is 0. The van der Waals surface area contributed by atoms with Gasteiger partial charge in [0.1, 0.15) is 0 Å². The minimum Gasteiger partial charge on any atom is -0.317 e. The van der Waals surface area contributed by atoms with Crippen LogP contribution in [0.1, 0.15) is 50.6 Å². The first-order chi connectivity index (χ1) is 9.23. The van der Waals surface area contributed by atoms with Crippen LogP contribution in [-0.2, 0) is 4.79 Å². The first kappa shape index (κ1) is 13.1. The normalized spacial score (nSPS) is 22.2. The molecule has 4 nitrogen and oxygen atoms in total. The highest BCUT2D eigenvalue weighted by molar-refractivity contribution is 7.13. The Morgan fingerprint density at radius 3 is 2.89 bits per heavy atom. The highest BCUT2D eigenvalue weighted by Gasteiger charge is 2.38. The number of hydrogen-bond donors (Lipinski definition) is 2. The second-order valence-corrected chi connectivity index (χ2v) is 6.55. The predicted octanol–water partition coefficient (Wildman–Crippen LogP) is 2.74. The molecule has 2 aliphatic rings. The summed E-state index contributed by atoms with van der Waals surface area (Å²) in [5.74, 6) is 0.814. The summed E-state index contributed by atoms with van der Waals surface area (Å²) in [4.78, 5) is 17.1. The van der Waals surface area contributed by atoms with E-state index in [1.165, 1.54) is 12.8 Å². The lowest BCUT2D eigenvalue weighted by Gasteiger charge is -2.34. The summed E-state index contributed by atoms with van der Waals surface area (Å²) in [7, 11) is 0. The van der Waals surface area contributed by atoms with Crippen LogP contribution in [0.4, 0.5) is 5.13 Å². The van der Waals surface area contributed by atoms with E-state index < -0.39 is 0 Å². The lowest BCUT2D eigenvalue weighted by molar-refractivity contribution is -0.127. The van der Waals surface area contributed by atoms with E-state index in [2.05, 4.69) is 27.9 Å². The fraction of sp³-hybridized carbons (Fsp3) is 0.714. The molecule has 19 heavy (non-hydrogen) atoms. The average Bonchev–Trinajstić information content (AvgIpc) is 3.20. The minimum absolute atomic E-state index is 0.160. The van der Waals surface area contributed by atoms with E-state index in [4.69, 9.17) is 0 Å². The number of nitrogens with one attached hydrogen (secondary N) is 2. The topological polar surface area (TPSA) is 54.0 Å². The molecule has 5 heteroatoms. The monoisotopic (exact) mass is 279 g/mol. The van der Waals surface area contributed by atoms with Crippen molar-refractivity contribution in [1.82, 2.24) is 10.3 Å². The van der Waals surface area contributed by atoms with E-state index in [1.54, 1.807) is 11.3 Å². The third kappa shape index (κ3) is 2.67. The summed E-state index contributed by atoms with van der Waals surface area (Å²) >= 11 is 1.56. The Morgan fingerprint density at radius 1 is 1.53 bits per heavy atom. The first-order valence-corrected chi connectivity index (χ1v) is 8.09. The van der Waals surface area contributed by atoms with Gasteiger partial charge in [-0.05, 0) is 45.2 Å². The molecule has 2 N–H and O–H groups in total.